The number of benzene rings is 1. The highest BCUT2D eigenvalue weighted by Gasteiger charge is 2.35. The van der Waals surface area contributed by atoms with Crippen LogP contribution in [0.15, 0.2) is 53.7 Å². The molecule has 8 nitrogen and oxygen atoms in total. The van der Waals surface area contributed by atoms with Crippen molar-refractivity contribution in [3.05, 3.63) is 70.7 Å². The summed E-state index contributed by atoms with van der Waals surface area (Å²) in [7, 11) is 0. The second-order valence-corrected chi connectivity index (χ2v) is 7.17. The van der Waals surface area contributed by atoms with Gasteiger partial charge in [-0.15, -0.1) is 0 Å². The van der Waals surface area contributed by atoms with Gasteiger partial charge >= 0.3 is 11.9 Å². The van der Waals surface area contributed by atoms with Crippen LogP contribution in [0.2, 0.25) is 0 Å². The minimum absolute atomic E-state index is 0.225. The second kappa shape index (κ2) is 7.56. The van der Waals surface area contributed by atoms with E-state index >= 15 is 0 Å². The molecule has 0 spiro atoms. The molecule has 0 unspecified atom stereocenters. The number of hydrogen-bond acceptors (Lipinski definition) is 6. The van der Waals surface area contributed by atoms with Gasteiger partial charge in [-0.05, 0) is 24.5 Å². The summed E-state index contributed by atoms with van der Waals surface area (Å²) in [6.45, 7) is 0.689. The number of aromatic nitrogens is 5. The monoisotopic (exact) mass is 420 g/mol. The molecular formula is C19H19F3N6O2. The minimum Gasteiger partial charge on any atom is -0.385 e. The van der Waals surface area contributed by atoms with Crippen LogP contribution in [0.5, 0.6) is 0 Å². The van der Waals surface area contributed by atoms with Crippen LogP contribution in [-0.2, 0) is 18.4 Å². The summed E-state index contributed by atoms with van der Waals surface area (Å²) in [4.78, 5) is 22.2. The van der Waals surface area contributed by atoms with Gasteiger partial charge in [-0.25, -0.2) is 9.78 Å². The number of aliphatic hydroxyl groups is 1. The first-order valence-corrected chi connectivity index (χ1v) is 9.32. The van der Waals surface area contributed by atoms with Crippen LogP contribution in [0.1, 0.15) is 24.1 Å². The molecule has 30 heavy (non-hydrogen) atoms. The molecule has 0 saturated carbocycles. The van der Waals surface area contributed by atoms with E-state index in [1.165, 1.54) is 6.33 Å². The van der Waals surface area contributed by atoms with Gasteiger partial charge in [0.25, 0.3) is 0 Å². The quantitative estimate of drug-likeness (QED) is 0.693. The van der Waals surface area contributed by atoms with E-state index in [2.05, 4.69) is 15.1 Å². The van der Waals surface area contributed by atoms with Crippen LogP contribution < -0.4 is 10.6 Å². The lowest BCUT2D eigenvalue weighted by atomic mass is 9.84. The predicted octanol–water partition coefficient (Wildman–Crippen LogP) is 1.85. The maximum absolute atomic E-state index is 12.6. The molecule has 1 aromatic carbocycles. The Morgan fingerprint density at radius 2 is 1.80 bits per heavy atom. The fourth-order valence-electron chi connectivity index (χ4n) is 3.46. The van der Waals surface area contributed by atoms with E-state index in [0.29, 0.717) is 25.9 Å². The van der Waals surface area contributed by atoms with Crippen molar-refractivity contribution < 1.29 is 18.3 Å². The SMILES string of the molecule is O=c1nc(N2CCC(O)(c3ccccc3)CC2)ncn1Cn1ccc(C(F)(F)F)n1. The molecule has 1 N–H and O–H groups in total. The van der Waals surface area contributed by atoms with Crippen molar-refractivity contribution in [3.8, 4) is 0 Å². The molecule has 0 radical (unpaired) electrons. The zero-order chi connectivity index (χ0) is 21.4. The van der Waals surface area contributed by atoms with Crippen molar-refractivity contribution in [2.75, 3.05) is 18.0 Å². The Morgan fingerprint density at radius 1 is 1.10 bits per heavy atom. The summed E-state index contributed by atoms with van der Waals surface area (Å²) in [5.41, 5.74) is -1.78. The number of alkyl halides is 3. The third kappa shape index (κ3) is 4.06. The highest BCUT2D eigenvalue weighted by Crippen LogP contribution is 2.33. The Bertz CT molecular complexity index is 1070. The van der Waals surface area contributed by atoms with Crippen LogP contribution in [0, 0.1) is 0 Å². The van der Waals surface area contributed by atoms with Gasteiger partial charge < -0.3 is 10.0 Å². The highest BCUT2D eigenvalue weighted by molar-refractivity contribution is 5.32. The molecule has 1 aliphatic rings. The normalized spacial score (nSPS) is 16.6. The minimum atomic E-state index is -4.55. The van der Waals surface area contributed by atoms with Gasteiger partial charge in [0, 0.05) is 19.3 Å². The lowest BCUT2D eigenvalue weighted by molar-refractivity contribution is -0.141. The first-order chi connectivity index (χ1) is 14.2. The van der Waals surface area contributed by atoms with Crippen LogP contribution in [0.3, 0.4) is 0 Å². The number of halogens is 3. The third-order valence-corrected chi connectivity index (χ3v) is 5.17. The molecule has 4 rings (SSSR count). The molecule has 3 aromatic rings. The van der Waals surface area contributed by atoms with Crippen LogP contribution in [0.4, 0.5) is 19.1 Å². The fraction of sp³-hybridized carbons (Fsp3) is 0.368. The molecule has 0 aliphatic carbocycles. The summed E-state index contributed by atoms with van der Waals surface area (Å²) < 4.78 is 40.0. The van der Waals surface area contributed by atoms with E-state index in [1.807, 2.05) is 30.3 Å². The fourth-order valence-corrected chi connectivity index (χ4v) is 3.46. The largest absolute Gasteiger partial charge is 0.435 e. The van der Waals surface area contributed by atoms with Crippen molar-refractivity contribution in [1.29, 1.82) is 0 Å². The number of rotatable bonds is 4. The lowest BCUT2D eigenvalue weighted by Gasteiger charge is -2.38. The second-order valence-electron chi connectivity index (χ2n) is 7.17. The van der Waals surface area contributed by atoms with Gasteiger partial charge in [-0.1, -0.05) is 30.3 Å². The average molecular weight is 420 g/mol. The highest BCUT2D eigenvalue weighted by atomic mass is 19.4. The maximum Gasteiger partial charge on any atom is 0.435 e. The van der Waals surface area contributed by atoms with E-state index in [4.69, 9.17) is 0 Å². The number of hydrogen-bond donors (Lipinski definition) is 1. The smallest absolute Gasteiger partial charge is 0.385 e. The summed E-state index contributed by atoms with van der Waals surface area (Å²) >= 11 is 0. The first kappa shape index (κ1) is 20.1. The molecule has 1 saturated heterocycles. The van der Waals surface area contributed by atoms with Crippen LogP contribution >= 0.6 is 0 Å². The van der Waals surface area contributed by atoms with E-state index in [9.17, 15) is 23.1 Å². The molecule has 0 bridgehead atoms. The predicted molar refractivity (Wildman–Crippen MR) is 101 cm³/mol. The Kier molecular flexibility index (Phi) is 5.06. The summed E-state index contributed by atoms with van der Waals surface area (Å²) in [6, 6.07) is 10.2. The van der Waals surface area contributed by atoms with Crippen LogP contribution in [-0.4, -0.2) is 42.5 Å². The Labute approximate surface area is 169 Å². The Balaban J connectivity index is 1.44. The summed E-state index contributed by atoms with van der Waals surface area (Å²) in [5, 5.41) is 14.3. The van der Waals surface area contributed by atoms with Gasteiger partial charge in [0.05, 0.1) is 5.60 Å². The van der Waals surface area contributed by atoms with E-state index in [0.717, 1.165) is 27.1 Å². The molecule has 11 heteroatoms. The Hall–Kier alpha value is -3.21. The molecule has 3 heterocycles. The van der Waals surface area contributed by atoms with Crippen LogP contribution in [0.25, 0.3) is 0 Å². The molecular weight excluding hydrogens is 401 g/mol. The van der Waals surface area contributed by atoms with Gasteiger partial charge in [0.1, 0.15) is 13.0 Å². The molecule has 0 amide bonds. The number of piperidine rings is 1. The molecule has 1 aliphatic heterocycles. The van der Waals surface area contributed by atoms with E-state index < -0.39 is 23.2 Å². The van der Waals surface area contributed by atoms with Gasteiger partial charge in [-0.2, -0.15) is 23.3 Å². The third-order valence-electron chi connectivity index (χ3n) is 5.17. The van der Waals surface area contributed by atoms with Gasteiger partial charge in [-0.3, -0.25) is 9.25 Å². The zero-order valence-electron chi connectivity index (χ0n) is 15.8. The molecule has 2 aromatic heterocycles. The van der Waals surface area contributed by atoms with E-state index in [1.54, 1.807) is 4.90 Å². The van der Waals surface area contributed by atoms with E-state index in [-0.39, 0.29) is 12.6 Å². The number of nitrogens with zero attached hydrogens (tertiary/aromatic N) is 6. The summed E-state index contributed by atoms with van der Waals surface area (Å²) in [6.07, 6.45) is -1.27. The lowest BCUT2D eigenvalue weighted by Crippen LogP contribution is -2.44. The van der Waals surface area contributed by atoms with Crippen molar-refractivity contribution in [2.45, 2.75) is 31.3 Å². The standard InChI is InChI=1S/C19H19F3N6O2/c20-19(21,22)15-6-9-28(25-15)13-27-12-23-16(24-17(27)29)26-10-7-18(30,8-11-26)14-4-2-1-3-5-14/h1-6,9,12,30H,7-8,10-11,13H2. The summed E-state index contributed by atoms with van der Waals surface area (Å²) in [5.74, 6) is 0.225. The van der Waals surface area contributed by atoms with Gasteiger partial charge in [0.15, 0.2) is 5.69 Å². The van der Waals surface area contributed by atoms with Gasteiger partial charge in [0.2, 0.25) is 5.95 Å². The number of anilines is 1. The topological polar surface area (TPSA) is 89.1 Å². The molecule has 0 atom stereocenters. The zero-order valence-corrected chi connectivity index (χ0v) is 15.8. The average Bonchev–Trinajstić information content (AvgIpc) is 3.20. The van der Waals surface area contributed by atoms with Crippen molar-refractivity contribution in [3.63, 3.8) is 0 Å². The molecule has 1 fully saturated rings. The van der Waals surface area contributed by atoms with Crippen molar-refractivity contribution >= 4 is 5.95 Å². The van der Waals surface area contributed by atoms with Crippen molar-refractivity contribution in [2.24, 2.45) is 0 Å². The van der Waals surface area contributed by atoms with Crippen molar-refractivity contribution in [1.82, 2.24) is 24.3 Å². The first-order valence-electron chi connectivity index (χ1n) is 9.32. The maximum atomic E-state index is 12.6. The Morgan fingerprint density at radius 3 is 2.40 bits per heavy atom. The molecule has 158 valence electrons.